The molecule has 5 nitrogen and oxygen atoms in total. The number of hydrogen-bond acceptors (Lipinski definition) is 5. The molecule has 84 valence electrons. The van der Waals surface area contributed by atoms with Gasteiger partial charge in [0.1, 0.15) is 0 Å². The van der Waals surface area contributed by atoms with Crippen molar-refractivity contribution >= 4 is 22.4 Å². The van der Waals surface area contributed by atoms with Crippen LogP contribution in [0.1, 0.15) is 12.1 Å². The van der Waals surface area contributed by atoms with Gasteiger partial charge in [-0.2, -0.15) is 0 Å². The Morgan fingerprint density at radius 2 is 2.53 bits per heavy atom. The van der Waals surface area contributed by atoms with Gasteiger partial charge in [-0.25, -0.2) is 4.98 Å². The van der Waals surface area contributed by atoms with E-state index in [-0.39, 0.29) is 12.5 Å². The van der Waals surface area contributed by atoms with Crippen LogP contribution in [0.2, 0.25) is 0 Å². The minimum absolute atomic E-state index is 0.00609. The van der Waals surface area contributed by atoms with E-state index in [1.807, 2.05) is 12.3 Å². The summed E-state index contributed by atoms with van der Waals surface area (Å²) in [6.07, 6.45) is -0.333. The minimum atomic E-state index is -0.862. The van der Waals surface area contributed by atoms with Crippen LogP contribution in [0.3, 0.4) is 0 Å². The molecule has 0 aliphatic rings. The normalized spacial score (nSPS) is 12.4. The molecule has 15 heavy (non-hydrogen) atoms. The summed E-state index contributed by atoms with van der Waals surface area (Å²) in [5.41, 5.74) is 0.953. The summed E-state index contributed by atoms with van der Waals surface area (Å²) in [4.78, 5) is 14.7. The van der Waals surface area contributed by atoms with E-state index in [4.69, 9.17) is 9.84 Å². The SMILES string of the molecule is COC(CNc1nc(C)cs1)CC(=O)O. The maximum Gasteiger partial charge on any atom is 0.306 e. The highest BCUT2D eigenvalue weighted by molar-refractivity contribution is 7.13. The fourth-order valence-corrected chi connectivity index (χ4v) is 1.77. The van der Waals surface area contributed by atoms with Crippen molar-refractivity contribution < 1.29 is 14.6 Å². The Morgan fingerprint density at radius 3 is 3.00 bits per heavy atom. The molecule has 0 amide bonds. The molecule has 0 radical (unpaired) electrons. The highest BCUT2D eigenvalue weighted by Crippen LogP contribution is 2.14. The summed E-state index contributed by atoms with van der Waals surface area (Å²) in [6.45, 7) is 2.36. The molecule has 1 rings (SSSR count). The summed E-state index contributed by atoms with van der Waals surface area (Å²) < 4.78 is 5.02. The molecule has 0 aromatic carbocycles. The molecule has 1 atom stereocenters. The molecular weight excluding hydrogens is 216 g/mol. The van der Waals surface area contributed by atoms with Gasteiger partial charge >= 0.3 is 5.97 Å². The predicted molar refractivity (Wildman–Crippen MR) is 58.4 cm³/mol. The zero-order valence-electron chi connectivity index (χ0n) is 8.69. The number of hydrogen-bond donors (Lipinski definition) is 2. The summed E-state index contributed by atoms with van der Waals surface area (Å²) in [5, 5.41) is 14.4. The Bertz CT molecular complexity index is 327. The molecule has 0 saturated carbocycles. The number of nitrogens with one attached hydrogen (secondary N) is 1. The van der Waals surface area contributed by atoms with Crippen LogP contribution in [0.15, 0.2) is 5.38 Å². The Labute approximate surface area is 92.1 Å². The lowest BCUT2D eigenvalue weighted by molar-refractivity contribution is -0.139. The van der Waals surface area contributed by atoms with Crippen molar-refractivity contribution in [2.24, 2.45) is 0 Å². The molecule has 1 heterocycles. The van der Waals surface area contributed by atoms with Gasteiger partial charge < -0.3 is 15.2 Å². The number of aliphatic carboxylic acids is 1. The quantitative estimate of drug-likeness (QED) is 0.772. The Morgan fingerprint density at radius 1 is 1.80 bits per heavy atom. The van der Waals surface area contributed by atoms with Crippen LogP contribution >= 0.6 is 11.3 Å². The molecule has 1 aromatic heterocycles. The lowest BCUT2D eigenvalue weighted by Gasteiger charge is -2.12. The van der Waals surface area contributed by atoms with Gasteiger partial charge in [0.2, 0.25) is 0 Å². The number of carbonyl (C=O) groups is 1. The molecule has 0 saturated heterocycles. The van der Waals surface area contributed by atoms with E-state index in [0.717, 1.165) is 10.8 Å². The third-order valence-electron chi connectivity index (χ3n) is 1.84. The number of carboxylic acid groups (broad SMARTS) is 1. The molecule has 1 unspecified atom stereocenters. The largest absolute Gasteiger partial charge is 0.481 e. The molecule has 2 N–H and O–H groups in total. The number of aromatic nitrogens is 1. The second-order valence-corrected chi connectivity index (χ2v) is 3.99. The summed E-state index contributed by atoms with van der Waals surface area (Å²) >= 11 is 1.50. The van der Waals surface area contributed by atoms with E-state index >= 15 is 0 Å². The van der Waals surface area contributed by atoms with Gasteiger partial charge in [0.25, 0.3) is 0 Å². The minimum Gasteiger partial charge on any atom is -0.481 e. The molecule has 6 heteroatoms. The Kier molecular flexibility index (Phi) is 4.51. The third kappa shape index (κ3) is 4.26. The first-order valence-corrected chi connectivity index (χ1v) is 5.40. The maximum atomic E-state index is 10.5. The second kappa shape index (κ2) is 5.67. The van der Waals surface area contributed by atoms with Crippen molar-refractivity contribution in [3.8, 4) is 0 Å². The van der Waals surface area contributed by atoms with Gasteiger partial charge in [0.15, 0.2) is 5.13 Å². The lowest BCUT2D eigenvalue weighted by atomic mass is 10.2. The highest BCUT2D eigenvalue weighted by atomic mass is 32.1. The van der Waals surface area contributed by atoms with Crippen molar-refractivity contribution in [3.63, 3.8) is 0 Å². The zero-order chi connectivity index (χ0) is 11.3. The van der Waals surface area contributed by atoms with Crippen molar-refractivity contribution in [2.45, 2.75) is 19.4 Å². The average molecular weight is 230 g/mol. The van der Waals surface area contributed by atoms with Gasteiger partial charge in [-0.15, -0.1) is 11.3 Å². The highest BCUT2D eigenvalue weighted by Gasteiger charge is 2.12. The Balaban J connectivity index is 2.37. The van der Waals surface area contributed by atoms with Gasteiger partial charge in [-0.3, -0.25) is 4.79 Å². The van der Waals surface area contributed by atoms with E-state index in [9.17, 15) is 4.79 Å². The maximum absolute atomic E-state index is 10.5. The van der Waals surface area contributed by atoms with Gasteiger partial charge in [-0.05, 0) is 6.92 Å². The fourth-order valence-electron chi connectivity index (χ4n) is 1.07. The smallest absolute Gasteiger partial charge is 0.306 e. The summed E-state index contributed by atoms with van der Waals surface area (Å²) in [6, 6.07) is 0. The van der Waals surface area contributed by atoms with E-state index in [1.165, 1.54) is 18.4 Å². The topological polar surface area (TPSA) is 71.5 Å². The number of carboxylic acids is 1. The molecule has 1 aromatic rings. The van der Waals surface area contributed by atoms with Crippen LogP contribution in [0.4, 0.5) is 5.13 Å². The summed E-state index contributed by atoms with van der Waals surface area (Å²) in [7, 11) is 1.50. The van der Waals surface area contributed by atoms with E-state index in [1.54, 1.807) is 0 Å². The number of nitrogens with zero attached hydrogens (tertiary/aromatic N) is 1. The van der Waals surface area contributed by atoms with Crippen LogP contribution in [-0.4, -0.2) is 35.8 Å². The number of thiazole rings is 1. The monoisotopic (exact) mass is 230 g/mol. The van der Waals surface area contributed by atoms with Crippen LogP contribution < -0.4 is 5.32 Å². The molecule has 0 aliphatic heterocycles. The zero-order valence-corrected chi connectivity index (χ0v) is 9.50. The molecule has 0 bridgehead atoms. The van der Waals surface area contributed by atoms with Crippen LogP contribution in [0.25, 0.3) is 0 Å². The standard InChI is InChI=1S/C9H14N2O3S/c1-6-5-15-9(11-6)10-4-7(14-2)3-8(12)13/h5,7H,3-4H2,1-2H3,(H,10,11)(H,12,13). The number of ether oxygens (including phenoxy) is 1. The fraction of sp³-hybridized carbons (Fsp3) is 0.556. The Hall–Kier alpha value is -1.14. The average Bonchev–Trinajstić information content (AvgIpc) is 2.58. The van der Waals surface area contributed by atoms with Crippen LogP contribution in [0.5, 0.6) is 0 Å². The van der Waals surface area contributed by atoms with Gasteiger partial charge in [0.05, 0.1) is 18.2 Å². The molecule has 0 aliphatic carbocycles. The summed E-state index contributed by atoms with van der Waals surface area (Å²) in [5.74, 6) is -0.862. The number of rotatable bonds is 6. The van der Waals surface area contributed by atoms with Crippen LogP contribution in [0, 0.1) is 6.92 Å². The van der Waals surface area contributed by atoms with Crippen molar-refractivity contribution in [3.05, 3.63) is 11.1 Å². The molecular formula is C9H14N2O3S. The van der Waals surface area contributed by atoms with E-state index < -0.39 is 5.97 Å². The van der Waals surface area contributed by atoms with Crippen molar-refractivity contribution in [1.29, 1.82) is 0 Å². The first-order chi connectivity index (χ1) is 7.11. The number of anilines is 1. The van der Waals surface area contributed by atoms with Crippen LogP contribution in [-0.2, 0) is 9.53 Å². The van der Waals surface area contributed by atoms with Gasteiger partial charge in [0, 0.05) is 19.0 Å². The molecule has 0 fully saturated rings. The third-order valence-corrected chi connectivity index (χ3v) is 2.75. The number of methoxy groups -OCH3 is 1. The number of aryl methyl sites for hydroxylation is 1. The van der Waals surface area contributed by atoms with E-state index in [0.29, 0.717) is 6.54 Å². The van der Waals surface area contributed by atoms with E-state index in [2.05, 4.69) is 10.3 Å². The van der Waals surface area contributed by atoms with Crippen molar-refractivity contribution in [1.82, 2.24) is 4.98 Å². The second-order valence-electron chi connectivity index (χ2n) is 3.13. The lowest BCUT2D eigenvalue weighted by Crippen LogP contribution is -2.24. The van der Waals surface area contributed by atoms with Gasteiger partial charge in [-0.1, -0.05) is 0 Å². The first-order valence-electron chi connectivity index (χ1n) is 4.52. The van der Waals surface area contributed by atoms with Crippen molar-refractivity contribution in [2.75, 3.05) is 19.0 Å². The molecule has 0 spiro atoms. The predicted octanol–water partition coefficient (Wildman–Crippen LogP) is 1.35. The first kappa shape index (κ1) is 11.9.